The molecular weight excluding hydrogens is 1040 g/mol. The van der Waals surface area contributed by atoms with Crippen LogP contribution < -0.4 is 10.7 Å². The van der Waals surface area contributed by atoms with E-state index >= 15 is 0 Å². The molecule has 0 saturated carbocycles. The minimum absolute atomic E-state index is 0. The van der Waals surface area contributed by atoms with Crippen molar-refractivity contribution in [3.8, 4) is 21.8 Å². The van der Waals surface area contributed by atoms with E-state index in [1.54, 1.807) is 30.2 Å². The van der Waals surface area contributed by atoms with Crippen molar-refractivity contribution in [1.29, 1.82) is 0 Å². The van der Waals surface area contributed by atoms with Crippen LogP contribution in [0.3, 0.4) is 0 Å². The van der Waals surface area contributed by atoms with Gasteiger partial charge in [0, 0.05) is 86.9 Å². The molecule has 6 bridgehead atoms. The summed E-state index contributed by atoms with van der Waals surface area (Å²) in [6, 6.07) is 7.07. The lowest BCUT2D eigenvalue weighted by atomic mass is 9.84. The van der Waals surface area contributed by atoms with Crippen LogP contribution in [-0.4, -0.2) is 152 Å². The van der Waals surface area contributed by atoms with Crippen LogP contribution in [0.1, 0.15) is 90.4 Å². The van der Waals surface area contributed by atoms with Crippen molar-refractivity contribution < 1.29 is 38.2 Å². The average molecular weight is 1120 g/mol. The molecule has 4 aliphatic rings. The number of aryl methyl sites for hydroxylation is 1. The number of ether oxygens (including phenoxy) is 3. The summed E-state index contributed by atoms with van der Waals surface area (Å²) in [6.45, 7) is 18.8. The number of pyridine rings is 1. The highest BCUT2D eigenvalue weighted by molar-refractivity contribution is 7.59. The van der Waals surface area contributed by atoms with E-state index < -0.39 is 46.9 Å². The Morgan fingerprint density at radius 2 is 1.78 bits per heavy atom. The first-order valence-corrected chi connectivity index (χ1v) is 25.3. The van der Waals surface area contributed by atoms with E-state index in [-0.39, 0.29) is 91.0 Å². The van der Waals surface area contributed by atoms with E-state index in [2.05, 4.69) is 60.9 Å². The summed E-state index contributed by atoms with van der Waals surface area (Å²) in [5.41, 5.74) is 7.81. The number of carbonyl (C=O) groups is 5. The van der Waals surface area contributed by atoms with Gasteiger partial charge >= 0.3 is 12.0 Å². The molecule has 4 aromatic rings. The molecule has 0 unspecified atom stereocenters. The highest BCUT2D eigenvalue weighted by atomic mass is 32.1. The van der Waals surface area contributed by atoms with Gasteiger partial charge in [0.05, 0.1) is 42.9 Å². The molecule has 4 atom stereocenters. The Balaban J connectivity index is 0.00000296. The van der Waals surface area contributed by atoms with Crippen LogP contribution in [-0.2, 0) is 52.8 Å². The smallest absolute Gasteiger partial charge is 0.324 e. The molecular formula is C51H76N10O8S5. The Hall–Kier alpha value is -4.36. The number of morpholine rings is 1. The van der Waals surface area contributed by atoms with Crippen molar-refractivity contribution in [2.45, 2.75) is 116 Å². The van der Waals surface area contributed by atoms with Gasteiger partial charge in [-0.25, -0.2) is 15.2 Å². The zero-order chi connectivity index (χ0) is 50.1. The zero-order valence-electron chi connectivity index (χ0n) is 43.8. The molecule has 74 heavy (non-hydrogen) atoms. The molecule has 0 radical (unpaired) electrons. The fourth-order valence-electron chi connectivity index (χ4n) is 10.6. The molecule has 3 saturated heterocycles. The second-order valence-electron chi connectivity index (χ2n) is 20.2. The van der Waals surface area contributed by atoms with E-state index in [4.69, 9.17) is 28.6 Å². The Labute approximate surface area is 467 Å². The fraction of sp³-hybridized carbons (Fsp3) is 0.569. The second-order valence-corrected chi connectivity index (χ2v) is 21.0. The van der Waals surface area contributed by atoms with Crippen LogP contribution in [0, 0.1) is 11.3 Å². The first-order valence-electron chi connectivity index (χ1n) is 24.5. The summed E-state index contributed by atoms with van der Waals surface area (Å²) < 4.78 is 25.2. The van der Waals surface area contributed by atoms with Crippen molar-refractivity contribution in [3.05, 3.63) is 66.3 Å². The van der Waals surface area contributed by atoms with E-state index in [9.17, 15) is 24.0 Å². The maximum absolute atomic E-state index is 14.7. The van der Waals surface area contributed by atoms with Crippen LogP contribution in [0.25, 0.3) is 32.7 Å². The number of aromatic nitrogens is 4. The van der Waals surface area contributed by atoms with E-state index in [0.717, 1.165) is 39.0 Å². The number of fused-ring (bicyclic) bond motifs is 6. The number of cyclic esters (lactones) is 1. The molecule has 8 rings (SSSR count). The first kappa shape index (κ1) is 62.2. The average Bonchev–Trinajstić information content (AvgIpc) is 3.95. The molecule has 23 heteroatoms. The lowest BCUT2D eigenvalue weighted by Gasteiger charge is -2.47. The lowest BCUT2D eigenvalue weighted by molar-refractivity contribution is -0.155. The number of hydrogen-bond acceptors (Lipinski definition) is 13. The molecule has 7 heterocycles. The highest BCUT2D eigenvalue weighted by Crippen LogP contribution is 2.42. The molecule has 408 valence electrons. The SMILES string of the molecule is C=CC(=O)N1CCOC2(CCN(C(=O)N(C)[C@H](C(=O)N[C@H]3Cc4nsc(n4)-c4ccc5c(c4)c(c(-c4cccnc4[C@H](C)OC)n5CC)CC(C)(C)COC(=O)[C@@H]4CCCN(N4)C3=O)C(C)C)CC2)C1.S.S.S.S. The summed E-state index contributed by atoms with van der Waals surface area (Å²) in [7, 11) is 3.29. The quantitative estimate of drug-likeness (QED) is 0.147. The predicted molar refractivity (Wildman–Crippen MR) is 307 cm³/mol. The number of methoxy groups -OCH3 is 1. The third-order valence-corrected chi connectivity index (χ3v) is 15.1. The van der Waals surface area contributed by atoms with Crippen LogP contribution in [0.2, 0.25) is 0 Å². The molecule has 2 N–H and O–H groups in total. The van der Waals surface area contributed by atoms with Crippen LogP contribution in [0.5, 0.6) is 0 Å². The highest BCUT2D eigenvalue weighted by Gasteiger charge is 2.44. The lowest BCUT2D eigenvalue weighted by Crippen LogP contribution is -2.63. The number of hydrazine groups is 1. The summed E-state index contributed by atoms with van der Waals surface area (Å²) in [5.74, 6) is -1.56. The Morgan fingerprint density at radius 1 is 1.05 bits per heavy atom. The minimum Gasteiger partial charge on any atom is -0.464 e. The van der Waals surface area contributed by atoms with Gasteiger partial charge in [-0.1, -0.05) is 34.3 Å². The van der Waals surface area contributed by atoms with Crippen LogP contribution in [0.4, 0.5) is 4.79 Å². The molecule has 0 aliphatic carbocycles. The number of amides is 5. The van der Waals surface area contributed by atoms with E-state index in [1.165, 1.54) is 27.5 Å². The zero-order valence-corrected chi connectivity index (χ0v) is 48.6. The van der Waals surface area contributed by atoms with Gasteiger partial charge in [0.15, 0.2) is 0 Å². The summed E-state index contributed by atoms with van der Waals surface area (Å²) >= 11 is 1.22. The third-order valence-electron chi connectivity index (χ3n) is 14.3. The number of benzene rings is 1. The number of likely N-dealkylation sites (tertiary alicyclic amines) is 1. The second kappa shape index (κ2) is 26.1. The number of likely N-dealkylation sites (N-methyl/N-ethyl adjacent to an activating group) is 1. The maximum Gasteiger partial charge on any atom is 0.324 e. The van der Waals surface area contributed by atoms with Gasteiger partial charge in [-0.2, -0.15) is 58.4 Å². The third kappa shape index (κ3) is 13.1. The number of piperidine rings is 1. The van der Waals surface area contributed by atoms with Crippen molar-refractivity contribution in [2.75, 3.05) is 60.1 Å². The number of nitrogens with one attached hydrogen (secondary N) is 2. The predicted octanol–water partition coefficient (Wildman–Crippen LogP) is 6.00. The van der Waals surface area contributed by atoms with Crippen LogP contribution >= 0.6 is 65.5 Å². The number of esters is 1. The number of hydrogen-bond donors (Lipinski definition) is 2. The van der Waals surface area contributed by atoms with Crippen molar-refractivity contribution in [2.24, 2.45) is 11.3 Å². The number of nitrogens with zero attached hydrogens (tertiary/aromatic N) is 8. The topological polar surface area (TPSA) is 194 Å². The van der Waals surface area contributed by atoms with Gasteiger partial charge in [-0.3, -0.25) is 29.2 Å². The summed E-state index contributed by atoms with van der Waals surface area (Å²) in [5, 5.41) is 6.08. The van der Waals surface area contributed by atoms with E-state index in [0.29, 0.717) is 88.8 Å². The number of rotatable bonds is 9. The van der Waals surface area contributed by atoms with Gasteiger partial charge in [0.2, 0.25) is 11.8 Å². The monoisotopic (exact) mass is 1120 g/mol. The normalized spacial score (nSPS) is 20.4. The molecule has 3 fully saturated rings. The summed E-state index contributed by atoms with van der Waals surface area (Å²) in [6.07, 6.45) is 5.37. The number of carbonyl (C=O) groups excluding carboxylic acids is 5. The van der Waals surface area contributed by atoms with Gasteiger partial charge in [0.25, 0.3) is 5.91 Å². The first-order chi connectivity index (χ1) is 33.5. The van der Waals surface area contributed by atoms with Crippen molar-refractivity contribution in [3.63, 3.8) is 0 Å². The molecule has 18 nitrogen and oxygen atoms in total. The molecule has 4 aliphatic heterocycles. The molecule has 1 spiro atoms. The summed E-state index contributed by atoms with van der Waals surface area (Å²) in [4.78, 5) is 84.6. The minimum atomic E-state index is -1.15. The molecule has 3 aromatic heterocycles. The maximum atomic E-state index is 14.7. The van der Waals surface area contributed by atoms with Crippen molar-refractivity contribution in [1.82, 2.24) is 49.4 Å². The standard InChI is InChI=1S/C51H68N10O8S.4H2S/c1-10-41(62)59-24-25-69-51(29-59)18-22-58(23-19-51)49(66)57(8)43(31(3)4)45(63)53-38-27-40-54-46(70-56-40)33-16-17-39-35(26-33)36(44(60(39)11-2)34-14-12-20-52-42(34)32(5)67-9)28-50(6,7)30-68-48(65)37-15-13-21-61(55-37)47(38)64;;;;/h10,12,14,16-17,20,26,31-32,37-38,43,55H,1,11,13,15,18-19,21-25,27-30H2,2-9H3,(H,53,63);4*1H2/t32-,37-,38-,43-;;;;/m0..../s1. The van der Waals surface area contributed by atoms with Gasteiger partial charge in [-0.15, -0.1) is 0 Å². The Morgan fingerprint density at radius 3 is 2.46 bits per heavy atom. The molecule has 5 amide bonds. The molecule has 1 aromatic carbocycles. The largest absolute Gasteiger partial charge is 0.464 e. The van der Waals surface area contributed by atoms with Gasteiger partial charge in [-0.05, 0) is 105 Å². The Bertz CT molecular complexity index is 2640. The fourth-order valence-corrected chi connectivity index (χ4v) is 11.2. The van der Waals surface area contributed by atoms with Crippen molar-refractivity contribution >= 4 is 106 Å². The number of urea groups is 1. The van der Waals surface area contributed by atoms with Gasteiger partial charge < -0.3 is 38.8 Å². The van der Waals surface area contributed by atoms with E-state index in [1.807, 2.05) is 32.9 Å². The Kier molecular flexibility index (Phi) is 22.0. The van der Waals surface area contributed by atoms with Gasteiger partial charge in [0.1, 0.15) is 29.0 Å². The van der Waals surface area contributed by atoms with Crippen LogP contribution in [0.15, 0.2) is 49.2 Å².